The highest BCUT2D eigenvalue weighted by molar-refractivity contribution is 7.90. The number of cyclic esters (lactones) is 1. The van der Waals surface area contributed by atoms with Crippen LogP contribution in [0.15, 0.2) is 47.6 Å². The Kier molecular flexibility index (Phi) is 4.85. The van der Waals surface area contributed by atoms with Crippen molar-refractivity contribution in [3.05, 3.63) is 48.2 Å². The van der Waals surface area contributed by atoms with E-state index in [1.807, 2.05) is 0 Å². The van der Waals surface area contributed by atoms with Gasteiger partial charge in [-0.25, -0.2) is 13.2 Å². The van der Waals surface area contributed by atoms with Crippen LogP contribution in [-0.4, -0.2) is 43.6 Å². The summed E-state index contributed by atoms with van der Waals surface area (Å²) in [6.45, 7) is 8.29. The van der Waals surface area contributed by atoms with Crippen LogP contribution in [0.3, 0.4) is 0 Å². The SMILES string of the molecule is C=CC(C)(O)COC1=C(c2ccc(S(C)(=O)=O)cc2)C(C)(C)OC1=O. The summed E-state index contributed by atoms with van der Waals surface area (Å²) in [5.41, 5.74) is -1.14. The summed E-state index contributed by atoms with van der Waals surface area (Å²) in [5, 5.41) is 10.00. The second-order valence-electron chi connectivity index (χ2n) is 6.75. The predicted octanol–water partition coefficient (Wildman–Crippen LogP) is 2.09. The zero-order valence-electron chi connectivity index (χ0n) is 14.7. The molecule has 0 saturated carbocycles. The van der Waals surface area contributed by atoms with Gasteiger partial charge in [-0.2, -0.15) is 0 Å². The van der Waals surface area contributed by atoms with Crippen LogP contribution in [0.4, 0.5) is 0 Å². The number of carbonyl (C=O) groups excluding carboxylic acids is 1. The zero-order valence-corrected chi connectivity index (χ0v) is 15.5. The molecular weight excluding hydrogens is 344 g/mol. The molecule has 1 atom stereocenters. The Hall–Kier alpha value is -2.12. The van der Waals surface area contributed by atoms with Gasteiger partial charge in [-0.3, -0.25) is 0 Å². The van der Waals surface area contributed by atoms with Gasteiger partial charge in [0.2, 0.25) is 5.76 Å². The molecule has 7 heteroatoms. The van der Waals surface area contributed by atoms with Gasteiger partial charge in [0.1, 0.15) is 17.8 Å². The van der Waals surface area contributed by atoms with Crippen molar-refractivity contribution in [2.75, 3.05) is 12.9 Å². The summed E-state index contributed by atoms with van der Waals surface area (Å²) in [4.78, 5) is 12.4. The van der Waals surface area contributed by atoms with Gasteiger partial charge in [-0.15, -0.1) is 6.58 Å². The molecule has 0 saturated heterocycles. The first-order valence-corrected chi connectivity index (χ1v) is 9.54. The molecule has 1 aromatic rings. The largest absolute Gasteiger partial charge is 0.483 e. The third kappa shape index (κ3) is 4.11. The van der Waals surface area contributed by atoms with Crippen molar-refractivity contribution in [3.8, 4) is 0 Å². The van der Waals surface area contributed by atoms with Crippen molar-refractivity contribution in [2.45, 2.75) is 36.9 Å². The Morgan fingerprint density at radius 1 is 1.32 bits per heavy atom. The molecule has 0 aliphatic carbocycles. The van der Waals surface area contributed by atoms with Crippen LogP contribution in [-0.2, 0) is 24.1 Å². The topological polar surface area (TPSA) is 89.9 Å². The van der Waals surface area contributed by atoms with E-state index in [-0.39, 0.29) is 17.3 Å². The maximum atomic E-state index is 12.2. The average molecular weight is 366 g/mol. The summed E-state index contributed by atoms with van der Waals surface area (Å²) in [5.74, 6) is -0.633. The van der Waals surface area contributed by atoms with E-state index < -0.39 is 27.0 Å². The van der Waals surface area contributed by atoms with Crippen molar-refractivity contribution in [1.82, 2.24) is 0 Å². The number of sulfone groups is 1. The zero-order chi connectivity index (χ0) is 19.0. The number of ether oxygens (including phenoxy) is 2. The maximum Gasteiger partial charge on any atom is 0.374 e. The number of aliphatic hydroxyl groups is 1. The van der Waals surface area contributed by atoms with Crippen LogP contribution in [0.25, 0.3) is 5.57 Å². The summed E-state index contributed by atoms with van der Waals surface area (Å²) in [6, 6.07) is 6.14. The number of rotatable bonds is 6. The lowest BCUT2D eigenvalue weighted by Crippen LogP contribution is -2.28. The van der Waals surface area contributed by atoms with Crippen molar-refractivity contribution in [2.24, 2.45) is 0 Å². The molecule has 2 rings (SSSR count). The van der Waals surface area contributed by atoms with Gasteiger partial charge in [0.25, 0.3) is 0 Å². The fourth-order valence-electron chi connectivity index (χ4n) is 2.46. The van der Waals surface area contributed by atoms with Crippen molar-refractivity contribution >= 4 is 21.4 Å². The van der Waals surface area contributed by atoms with E-state index in [0.29, 0.717) is 11.1 Å². The van der Waals surface area contributed by atoms with Crippen molar-refractivity contribution in [1.29, 1.82) is 0 Å². The normalized spacial score (nSPS) is 19.3. The Bertz CT molecular complexity index is 829. The first-order chi connectivity index (χ1) is 11.4. The minimum absolute atomic E-state index is 0.000712. The van der Waals surface area contributed by atoms with E-state index in [0.717, 1.165) is 6.26 Å². The molecule has 1 N–H and O–H groups in total. The minimum Gasteiger partial charge on any atom is -0.483 e. The van der Waals surface area contributed by atoms with Gasteiger partial charge in [0, 0.05) is 6.26 Å². The molecule has 6 nitrogen and oxygen atoms in total. The van der Waals surface area contributed by atoms with E-state index in [1.165, 1.54) is 25.1 Å². The van der Waals surface area contributed by atoms with E-state index in [2.05, 4.69) is 6.58 Å². The Morgan fingerprint density at radius 2 is 1.88 bits per heavy atom. The lowest BCUT2D eigenvalue weighted by Gasteiger charge is -2.22. The predicted molar refractivity (Wildman–Crippen MR) is 93.4 cm³/mol. The van der Waals surface area contributed by atoms with E-state index in [9.17, 15) is 18.3 Å². The van der Waals surface area contributed by atoms with Crippen LogP contribution in [0.5, 0.6) is 0 Å². The Balaban J connectivity index is 2.47. The maximum absolute atomic E-state index is 12.2. The van der Waals surface area contributed by atoms with Crippen molar-refractivity contribution in [3.63, 3.8) is 0 Å². The average Bonchev–Trinajstić information content (AvgIpc) is 2.73. The fraction of sp³-hybridized carbons (Fsp3) is 0.389. The van der Waals surface area contributed by atoms with E-state index in [1.54, 1.807) is 26.0 Å². The van der Waals surface area contributed by atoms with Crippen LogP contribution < -0.4 is 0 Å². The molecule has 0 spiro atoms. The molecule has 0 amide bonds. The van der Waals surface area contributed by atoms with Crippen LogP contribution >= 0.6 is 0 Å². The molecule has 1 aliphatic heterocycles. The minimum atomic E-state index is -3.32. The lowest BCUT2D eigenvalue weighted by atomic mass is 9.92. The second-order valence-corrected chi connectivity index (χ2v) is 8.77. The number of benzene rings is 1. The second kappa shape index (κ2) is 6.31. The fourth-order valence-corrected chi connectivity index (χ4v) is 3.09. The molecule has 0 aromatic heterocycles. The Labute approximate surface area is 147 Å². The van der Waals surface area contributed by atoms with Gasteiger partial charge in [0.15, 0.2) is 9.84 Å². The third-order valence-corrected chi connectivity index (χ3v) is 5.01. The molecule has 1 unspecified atom stereocenters. The summed E-state index contributed by atoms with van der Waals surface area (Å²) >= 11 is 0. The number of hydrogen-bond donors (Lipinski definition) is 1. The molecular formula is C18H22O6S. The molecule has 1 heterocycles. The first-order valence-electron chi connectivity index (χ1n) is 7.65. The smallest absolute Gasteiger partial charge is 0.374 e. The van der Waals surface area contributed by atoms with Crippen LogP contribution in [0.2, 0.25) is 0 Å². The Morgan fingerprint density at radius 3 is 2.36 bits per heavy atom. The summed E-state index contributed by atoms with van der Waals surface area (Å²) in [7, 11) is -3.32. The van der Waals surface area contributed by atoms with Gasteiger partial charge in [0.05, 0.1) is 10.5 Å². The van der Waals surface area contributed by atoms with Gasteiger partial charge in [-0.1, -0.05) is 18.2 Å². The number of carbonyl (C=O) groups is 1. The lowest BCUT2D eigenvalue weighted by molar-refractivity contribution is -0.147. The highest BCUT2D eigenvalue weighted by Gasteiger charge is 2.43. The monoisotopic (exact) mass is 366 g/mol. The molecule has 0 radical (unpaired) electrons. The van der Waals surface area contributed by atoms with Crippen LogP contribution in [0.1, 0.15) is 26.3 Å². The molecule has 0 bridgehead atoms. The van der Waals surface area contributed by atoms with E-state index >= 15 is 0 Å². The highest BCUT2D eigenvalue weighted by atomic mass is 32.2. The van der Waals surface area contributed by atoms with Gasteiger partial charge < -0.3 is 14.6 Å². The molecule has 1 aromatic carbocycles. The quantitative estimate of drug-likeness (QED) is 0.612. The molecule has 1 aliphatic rings. The van der Waals surface area contributed by atoms with E-state index in [4.69, 9.17) is 9.47 Å². The summed E-state index contributed by atoms with van der Waals surface area (Å²) < 4.78 is 34.1. The molecule has 0 fully saturated rings. The highest BCUT2D eigenvalue weighted by Crippen LogP contribution is 2.40. The molecule has 136 valence electrons. The summed E-state index contributed by atoms with van der Waals surface area (Å²) in [6.07, 6.45) is 2.44. The number of hydrogen-bond acceptors (Lipinski definition) is 6. The standard InChI is InChI=1S/C18H22O6S/c1-6-18(4,20)11-23-15-14(17(2,3)24-16(15)19)12-7-9-13(10-8-12)25(5,21)22/h6-10,20H,1,11H2,2-5H3. The third-order valence-electron chi connectivity index (χ3n) is 3.88. The van der Waals surface area contributed by atoms with Crippen molar-refractivity contribution < 1.29 is 27.8 Å². The van der Waals surface area contributed by atoms with Gasteiger partial charge in [-0.05, 0) is 38.5 Å². The number of esters is 1. The van der Waals surface area contributed by atoms with Gasteiger partial charge >= 0.3 is 5.97 Å². The molecule has 25 heavy (non-hydrogen) atoms. The first kappa shape index (κ1) is 19.2. The van der Waals surface area contributed by atoms with Crippen LogP contribution in [0, 0.1) is 0 Å².